The average Bonchev–Trinajstić information content (AvgIpc) is 1.69. The molecule has 0 radical (unpaired) electrons. The van der Waals surface area contributed by atoms with Crippen LogP contribution in [0.25, 0.3) is 5.84 Å². The van der Waals surface area contributed by atoms with Gasteiger partial charge in [0, 0.05) is 0 Å². The fourth-order valence-corrected chi connectivity index (χ4v) is 0.320. The van der Waals surface area contributed by atoms with E-state index in [0.717, 1.165) is 0 Å². The van der Waals surface area contributed by atoms with Crippen molar-refractivity contribution >= 4 is 0 Å². The van der Waals surface area contributed by atoms with E-state index in [-0.39, 0.29) is 0 Å². The van der Waals surface area contributed by atoms with Crippen LogP contribution in [0.2, 0.25) is 0 Å². The summed E-state index contributed by atoms with van der Waals surface area (Å²) < 4.78 is 1.19. The molecule has 0 bridgehead atoms. The molecule has 3 nitrogen and oxygen atoms in total. The van der Waals surface area contributed by atoms with E-state index < -0.39 is 0 Å². The monoisotopic (exact) mass is 95.0 g/mol. The number of nitrogens with zero attached hydrogens (tertiary/aromatic N) is 2. The van der Waals surface area contributed by atoms with E-state index in [4.69, 9.17) is 5.84 Å². The molecule has 1 N–H and O–H groups in total. The van der Waals surface area contributed by atoms with E-state index in [9.17, 15) is 0 Å². The Kier molecular flexibility index (Phi) is 0.898. The first-order valence-electron chi connectivity index (χ1n) is 1.92. The molecule has 0 unspecified atom stereocenters. The van der Waals surface area contributed by atoms with Crippen molar-refractivity contribution in [2.24, 2.45) is 0 Å². The Balaban J connectivity index is 3.02. The first kappa shape index (κ1) is 4.05. The second kappa shape index (κ2) is 1.55. The molecule has 0 saturated carbocycles. The number of hydrogen-bond acceptors (Lipinski definition) is 1. The molecular formula is C4H5N3. The lowest BCUT2D eigenvalue weighted by Gasteiger charge is -1.87. The molecule has 0 aliphatic heterocycles. The van der Waals surface area contributed by atoms with Crippen LogP contribution in [0.5, 0.6) is 0 Å². The maximum Gasteiger partial charge on any atom is 0.182 e. The fraction of sp³-hybridized carbons (Fsp3) is 0. The second-order valence-corrected chi connectivity index (χ2v) is 1.15. The maximum atomic E-state index is 6.87. The SMILES string of the molecule is [NH-][n+]1ccncc1. The minimum absolute atomic E-state index is 1.19. The lowest BCUT2D eigenvalue weighted by atomic mass is 10.8. The molecule has 1 aromatic rings. The predicted molar refractivity (Wildman–Crippen MR) is 24.2 cm³/mol. The van der Waals surface area contributed by atoms with Gasteiger partial charge in [0.1, 0.15) is 0 Å². The van der Waals surface area contributed by atoms with E-state index in [1.165, 1.54) is 4.68 Å². The molecule has 1 aromatic heterocycles. The van der Waals surface area contributed by atoms with Gasteiger partial charge in [-0.25, -0.2) is 4.68 Å². The lowest BCUT2D eigenvalue weighted by molar-refractivity contribution is -0.606. The Morgan fingerprint density at radius 2 is 1.86 bits per heavy atom. The molecule has 36 valence electrons. The molecule has 0 atom stereocenters. The van der Waals surface area contributed by atoms with Gasteiger partial charge in [-0.2, -0.15) is 0 Å². The minimum Gasteiger partial charge on any atom is -0.449 e. The van der Waals surface area contributed by atoms with Crippen LogP contribution in [0.3, 0.4) is 0 Å². The van der Waals surface area contributed by atoms with Crippen LogP contribution in [0.4, 0.5) is 0 Å². The van der Waals surface area contributed by atoms with Gasteiger partial charge in [0.2, 0.25) is 0 Å². The van der Waals surface area contributed by atoms with Gasteiger partial charge in [-0.05, 0) is 0 Å². The third kappa shape index (κ3) is 0.855. The summed E-state index contributed by atoms with van der Waals surface area (Å²) in [6.07, 6.45) is 6.24. The predicted octanol–water partition coefficient (Wildman–Crippen LogP) is 0.184. The number of hydrogen-bond donors (Lipinski definition) is 0. The molecule has 0 saturated heterocycles. The molecule has 1 heterocycles. The van der Waals surface area contributed by atoms with Gasteiger partial charge in [-0.1, -0.05) is 0 Å². The lowest BCUT2D eigenvalue weighted by Crippen LogP contribution is -2.20. The maximum absolute atomic E-state index is 6.87. The smallest absolute Gasteiger partial charge is 0.182 e. The van der Waals surface area contributed by atoms with Gasteiger partial charge in [-0.3, -0.25) is 4.98 Å². The van der Waals surface area contributed by atoms with Crippen LogP contribution >= 0.6 is 0 Å². The summed E-state index contributed by atoms with van der Waals surface area (Å²) in [5, 5.41) is 0. The Labute approximate surface area is 41.4 Å². The largest absolute Gasteiger partial charge is 0.449 e. The minimum atomic E-state index is 1.19. The van der Waals surface area contributed by atoms with Gasteiger partial charge < -0.3 is 5.84 Å². The van der Waals surface area contributed by atoms with Gasteiger partial charge >= 0.3 is 0 Å². The summed E-state index contributed by atoms with van der Waals surface area (Å²) >= 11 is 0. The van der Waals surface area contributed by atoms with Crippen molar-refractivity contribution in [1.82, 2.24) is 4.98 Å². The zero-order chi connectivity index (χ0) is 5.11. The Hall–Kier alpha value is -1.12. The van der Waals surface area contributed by atoms with Crippen LogP contribution in [-0.2, 0) is 0 Å². The van der Waals surface area contributed by atoms with Crippen LogP contribution in [0, 0.1) is 0 Å². The van der Waals surface area contributed by atoms with E-state index in [1.54, 1.807) is 24.8 Å². The highest BCUT2D eigenvalue weighted by Crippen LogP contribution is 1.65. The van der Waals surface area contributed by atoms with Crippen molar-refractivity contribution in [2.45, 2.75) is 0 Å². The molecular weight excluding hydrogens is 90.1 g/mol. The van der Waals surface area contributed by atoms with Crippen LogP contribution in [0.15, 0.2) is 24.8 Å². The highest BCUT2D eigenvalue weighted by atomic mass is 15.3. The fourth-order valence-electron chi connectivity index (χ4n) is 0.320. The van der Waals surface area contributed by atoms with E-state index in [2.05, 4.69) is 4.98 Å². The summed E-state index contributed by atoms with van der Waals surface area (Å²) in [4.78, 5) is 3.70. The zero-order valence-corrected chi connectivity index (χ0v) is 3.70. The van der Waals surface area contributed by atoms with Crippen molar-refractivity contribution in [1.29, 1.82) is 0 Å². The van der Waals surface area contributed by atoms with Gasteiger partial charge in [0.25, 0.3) is 0 Å². The normalized spacial score (nSPS) is 8.57. The van der Waals surface area contributed by atoms with Crippen molar-refractivity contribution in [3.05, 3.63) is 30.6 Å². The first-order valence-corrected chi connectivity index (χ1v) is 1.92. The van der Waals surface area contributed by atoms with Crippen LogP contribution < -0.4 is 4.68 Å². The molecule has 0 aliphatic carbocycles. The van der Waals surface area contributed by atoms with E-state index in [0.29, 0.717) is 0 Å². The first-order chi connectivity index (χ1) is 3.39. The number of nitrogens with one attached hydrogen (secondary N) is 1. The highest BCUT2D eigenvalue weighted by molar-refractivity contribution is 4.63. The summed E-state index contributed by atoms with van der Waals surface area (Å²) in [5.74, 6) is 6.87. The van der Waals surface area contributed by atoms with Crippen molar-refractivity contribution in [3.63, 3.8) is 0 Å². The third-order valence-corrected chi connectivity index (χ3v) is 0.627. The Morgan fingerprint density at radius 3 is 2.14 bits per heavy atom. The molecule has 0 fully saturated rings. The molecule has 0 aliphatic rings. The molecule has 3 heteroatoms. The standard InChI is InChI=1S/C4H5N3/c5-7-3-1-6-2-4-7/h1-5H. The summed E-state index contributed by atoms with van der Waals surface area (Å²) in [6, 6.07) is 0. The quantitative estimate of drug-likeness (QED) is 0.424. The second-order valence-electron chi connectivity index (χ2n) is 1.15. The van der Waals surface area contributed by atoms with Crippen LogP contribution in [-0.4, -0.2) is 4.98 Å². The van der Waals surface area contributed by atoms with Crippen molar-refractivity contribution < 1.29 is 4.68 Å². The topological polar surface area (TPSA) is 40.6 Å². The van der Waals surface area contributed by atoms with Crippen molar-refractivity contribution in [2.75, 3.05) is 0 Å². The van der Waals surface area contributed by atoms with E-state index in [1.807, 2.05) is 0 Å². The highest BCUT2D eigenvalue weighted by Gasteiger charge is 1.74. The van der Waals surface area contributed by atoms with Gasteiger partial charge in [0.15, 0.2) is 12.4 Å². The average molecular weight is 95.1 g/mol. The molecule has 1 rings (SSSR count). The summed E-state index contributed by atoms with van der Waals surface area (Å²) in [7, 11) is 0. The number of aromatic nitrogens is 2. The van der Waals surface area contributed by atoms with Gasteiger partial charge in [0.05, 0.1) is 12.4 Å². The zero-order valence-electron chi connectivity index (χ0n) is 3.70. The van der Waals surface area contributed by atoms with Gasteiger partial charge in [-0.15, -0.1) is 0 Å². The molecule has 7 heavy (non-hydrogen) atoms. The molecule has 0 amide bonds. The van der Waals surface area contributed by atoms with Crippen molar-refractivity contribution in [3.8, 4) is 0 Å². The summed E-state index contributed by atoms with van der Waals surface area (Å²) in [6.45, 7) is 0. The number of rotatable bonds is 0. The Bertz CT molecular complexity index is 137. The summed E-state index contributed by atoms with van der Waals surface area (Å²) in [5.41, 5.74) is 0. The Morgan fingerprint density at radius 1 is 1.29 bits per heavy atom. The third-order valence-electron chi connectivity index (χ3n) is 0.627. The molecule has 0 aromatic carbocycles. The molecule has 0 spiro atoms. The van der Waals surface area contributed by atoms with E-state index >= 15 is 0 Å². The van der Waals surface area contributed by atoms with Crippen LogP contribution in [0.1, 0.15) is 0 Å².